The normalized spacial score (nSPS) is 11.6. The van der Waals surface area contributed by atoms with Gasteiger partial charge in [0, 0.05) is 28.1 Å². The molecule has 64 heavy (non-hydrogen) atoms. The summed E-state index contributed by atoms with van der Waals surface area (Å²) >= 11 is 0. The zero-order valence-electron chi connectivity index (χ0n) is 37.2. The van der Waals surface area contributed by atoms with Gasteiger partial charge in [-0.25, -0.2) is 4.98 Å². The zero-order chi connectivity index (χ0) is 43.6. The van der Waals surface area contributed by atoms with Gasteiger partial charge in [0.2, 0.25) is 0 Å². The topological polar surface area (TPSA) is 21.1 Å². The number of aromatic nitrogens is 2. The molecule has 0 radical (unpaired) electrons. The number of anilines is 3. The van der Waals surface area contributed by atoms with Gasteiger partial charge in [-0.2, -0.15) is 0 Å². The van der Waals surface area contributed by atoms with Crippen molar-refractivity contribution in [3.63, 3.8) is 0 Å². The first-order chi connectivity index (χ1) is 31.2. The minimum absolute atomic E-state index is 0.893. The van der Waals surface area contributed by atoms with Crippen LogP contribution >= 0.6 is 0 Å². The highest BCUT2D eigenvalue weighted by atomic mass is 15.2. The second-order valence-corrected chi connectivity index (χ2v) is 17.6. The van der Waals surface area contributed by atoms with Crippen LogP contribution in [0.15, 0.2) is 188 Å². The molecule has 0 fully saturated rings. The van der Waals surface area contributed by atoms with E-state index in [-0.39, 0.29) is 0 Å². The monoisotopic (exact) mass is 823 g/mol. The Kier molecular flexibility index (Phi) is 9.51. The van der Waals surface area contributed by atoms with Gasteiger partial charge in [0.05, 0.1) is 22.4 Å². The van der Waals surface area contributed by atoms with E-state index in [1.165, 1.54) is 82.6 Å². The third-order valence-electron chi connectivity index (χ3n) is 13.0. The highest BCUT2D eigenvalue weighted by Crippen LogP contribution is 2.48. The number of rotatable bonds is 7. The molecular formula is C61H49N3. The highest BCUT2D eigenvalue weighted by molar-refractivity contribution is 6.21. The van der Waals surface area contributed by atoms with Gasteiger partial charge in [-0.3, -0.25) is 4.57 Å². The van der Waals surface area contributed by atoms with Crippen LogP contribution in [-0.2, 0) is 0 Å². The van der Waals surface area contributed by atoms with Crippen molar-refractivity contribution in [1.82, 2.24) is 9.55 Å². The van der Waals surface area contributed by atoms with Crippen molar-refractivity contribution in [2.75, 3.05) is 4.90 Å². The summed E-state index contributed by atoms with van der Waals surface area (Å²) in [6.45, 7) is 13.3. The van der Waals surface area contributed by atoms with Crippen molar-refractivity contribution in [2.24, 2.45) is 0 Å². The van der Waals surface area contributed by atoms with Crippen molar-refractivity contribution in [2.45, 2.75) is 41.5 Å². The first kappa shape index (κ1) is 39.1. The molecule has 0 aliphatic carbocycles. The molecule has 3 nitrogen and oxygen atoms in total. The van der Waals surface area contributed by atoms with Crippen LogP contribution in [0.1, 0.15) is 33.4 Å². The second-order valence-electron chi connectivity index (χ2n) is 17.6. The van der Waals surface area contributed by atoms with Crippen LogP contribution in [0.4, 0.5) is 17.1 Å². The van der Waals surface area contributed by atoms with Gasteiger partial charge >= 0.3 is 0 Å². The van der Waals surface area contributed by atoms with Crippen molar-refractivity contribution < 1.29 is 0 Å². The lowest BCUT2D eigenvalue weighted by atomic mass is 9.89. The molecule has 1 aromatic heterocycles. The Hall–Kier alpha value is -7.75. The summed E-state index contributed by atoms with van der Waals surface area (Å²) in [5, 5.41) is 7.22. The molecule has 0 spiro atoms. The number of aryl methyl sites for hydroxylation is 6. The fraction of sp³-hybridized carbons (Fsp3) is 0.0984. The maximum absolute atomic E-state index is 5.83. The van der Waals surface area contributed by atoms with Gasteiger partial charge in [-0.05, 0) is 156 Å². The molecule has 0 N–H and O–H groups in total. The Morgan fingerprint density at radius 2 is 0.828 bits per heavy atom. The standard InChI is InChI=1S/C61H49N3/c1-38-32-40(3)58(41(4)33-38)63(59-42(5)34-39(2)35-43(59)6)52-30-28-46(29-31-52)61-62-57-55(49-26-24-44-16-10-12-18-47(44)36-49)53-22-14-15-23-54(53)56(60(57)64(61)51-20-8-7-9-21-51)50-27-25-45-17-11-13-19-48(45)37-50/h7-37H,1-6H3. The predicted octanol–water partition coefficient (Wildman–Crippen LogP) is 16.8. The smallest absolute Gasteiger partial charge is 0.145 e. The van der Waals surface area contributed by atoms with Gasteiger partial charge in [-0.1, -0.05) is 151 Å². The summed E-state index contributed by atoms with van der Waals surface area (Å²) in [5.74, 6) is 0.893. The van der Waals surface area contributed by atoms with Crippen LogP contribution in [0, 0.1) is 41.5 Å². The van der Waals surface area contributed by atoms with Gasteiger partial charge in [0.1, 0.15) is 5.82 Å². The number of hydrogen-bond acceptors (Lipinski definition) is 2. The van der Waals surface area contributed by atoms with E-state index < -0.39 is 0 Å². The molecule has 3 heteroatoms. The number of hydrogen-bond donors (Lipinski definition) is 0. The first-order valence-corrected chi connectivity index (χ1v) is 22.3. The number of nitrogens with zero attached hydrogens (tertiary/aromatic N) is 3. The van der Waals surface area contributed by atoms with E-state index in [2.05, 4.69) is 239 Å². The molecule has 0 amide bonds. The summed E-state index contributed by atoms with van der Waals surface area (Å²) in [4.78, 5) is 8.30. The van der Waals surface area contributed by atoms with Crippen LogP contribution in [-0.4, -0.2) is 9.55 Å². The lowest BCUT2D eigenvalue weighted by Gasteiger charge is -2.32. The summed E-state index contributed by atoms with van der Waals surface area (Å²) in [7, 11) is 0. The summed E-state index contributed by atoms with van der Waals surface area (Å²) in [6.07, 6.45) is 0. The number of fused-ring (bicyclic) bond motifs is 4. The Bertz CT molecular complexity index is 3510. The minimum Gasteiger partial charge on any atom is -0.309 e. The van der Waals surface area contributed by atoms with Crippen LogP contribution in [0.5, 0.6) is 0 Å². The minimum atomic E-state index is 0.893. The molecule has 10 aromatic carbocycles. The molecule has 308 valence electrons. The molecule has 0 unspecified atom stereocenters. The summed E-state index contributed by atoms with van der Waals surface area (Å²) in [5.41, 5.74) is 19.8. The SMILES string of the molecule is Cc1cc(C)c(N(c2ccc(-c3nc4c(-c5ccc6ccccc6c5)c5ccccc5c(-c5ccc6ccccc6c5)c4n3-c3ccccc3)cc2)c2c(C)cc(C)cc2C)c(C)c1. The quantitative estimate of drug-likeness (QED) is 0.160. The average Bonchev–Trinajstić information content (AvgIpc) is 3.69. The van der Waals surface area contributed by atoms with E-state index >= 15 is 0 Å². The average molecular weight is 824 g/mol. The third-order valence-corrected chi connectivity index (χ3v) is 13.0. The zero-order valence-corrected chi connectivity index (χ0v) is 37.2. The van der Waals surface area contributed by atoms with Crippen LogP contribution in [0.25, 0.3) is 82.7 Å². The molecule has 0 saturated heterocycles. The molecule has 11 rings (SSSR count). The maximum Gasteiger partial charge on any atom is 0.145 e. The first-order valence-electron chi connectivity index (χ1n) is 22.3. The molecular weight excluding hydrogens is 775 g/mol. The van der Waals surface area contributed by atoms with E-state index in [9.17, 15) is 0 Å². The molecule has 0 aliphatic heterocycles. The van der Waals surface area contributed by atoms with Crippen LogP contribution < -0.4 is 4.90 Å². The fourth-order valence-corrected chi connectivity index (χ4v) is 10.5. The Balaban J connectivity index is 1.22. The van der Waals surface area contributed by atoms with Crippen LogP contribution in [0.3, 0.4) is 0 Å². The molecule has 11 aromatic rings. The van der Waals surface area contributed by atoms with Gasteiger partial charge in [0.25, 0.3) is 0 Å². The number of para-hydroxylation sites is 1. The van der Waals surface area contributed by atoms with E-state index in [1.54, 1.807) is 0 Å². The Morgan fingerprint density at radius 3 is 1.36 bits per heavy atom. The van der Waals surface area contributed by atoms with Crippen LogP contribution in [0.2, 0.25) is 0 Å². The van der Waals surface area contributed by atoms with Crippen molar-refractivity contribution in [1.29, 1.82) is 0 Å². The Morgan fingerprint density at radius 1 is 0.391 bits per heavy atom. The Labute approximate surface area is 375 Å². The van der Waals surface area contributed by atoms with E-state index in [0.717, 1.165) is 50.5 Å². The third kappa shape index (κ3) is 6.55. The van der Waals surface area contributed by atoms with Crippen molar-refractivity contribution in [3.05, 3.63) is 221 Å². The molecule has 1 heterocycles. The molecule has 0 bridgehead atoms. The van der Waals surface area contributed by atoms with Gasteiger partial charge in [0.15, 0.2) is 0 Å². The number of imidazole rings is 1. The summed E-state index contributed by atoms with van der Waals surface area (Å²) < 4.78 is 2.41. The largest absolute Gasteiger partial charge is 0.309 e. The van der Waals surface area contributed by atoms with Gasteiger partial charge < -0.3 is 4.90 Å². The summed E-state index contributed by atoms with van der Waals surface area (Å²) in [6, 6.07) is 69.0. The fourth-order valence-electron chi connectivity index (χ4n) is 10.5. The molecule has 0 saturated carbocycles. The number of benzene rings is 10. The lowest BCUT2D eigenvalue weighted by molar-refractivity contribution is 1.10. The van der Waals surface area contributed by atoms with E-state index in [4.69, 9.17) is 4.98 Å². The van der Waals surface area contributed by atoms with Gasteiger partial charge in [-0.15, -0.1) is 0 Å². The highest BCUT2D eigenvalue weighted by Gasteiger charge is 2.27. The van der Waals surface area contributed by atoms with Crippen molar-refractivity contribution >= 4 is 60.4 Å². The maximum atomic E-state index is 5.83. The van der Waals surface area contributed by atoms with Crippen molar-refractivity contribution in [3.8, 4) is 39.3 Å². The molecule has 0 atom stereocenters. The van der Waals surface area contributed by atoms with E-state index in [1.807, 2.05) is 0 Å². The second kappa shape index (κ2) is 15.6. The van der Waals surface area contributed by atoms with E-state index in [0.29, 0.717) is 0 Å². The molecule has 0 aliphatic rings. The predicted molar refractivity (Wildman–Crippen MR) is 273 cm³/mol. The lowest BCUT2D eigenvalue weighted by Crippen LogP contribution is -2.16.